The van der Waals surface area contributed by atoms with Crippen LogP contribution in [0.2, 0.25) is 0 Å². The fourth-order valence-electron chi connectivity index (χ4n) is 3.48. The summed E-state index contributed by atoms with van der Waals surface area (Å²) in [6.07, 6.45) is 1.22. The van der Waals surface area contributed by atoms with Crippen molar-refractivity contribution in [2.75, 3.05) is 18.1 Å². The number of amides is 1. The van der Waals surface area contributed by atoms with Crippen molar-refractivity contribution in [2.45, 2.75) is 38.6 Å². The number of anilines is 1. The fourth-order valence-corrected chi connectivity index (χ4v) is 4.24. The van der Waals surface area contributed by atoms with Gasteiger partial charge in [-0.1, -0.05) is 55.5 Å². The summed E-state index contributed by atoms with van der Waals surface area (Å²) in [4.78, 5) is 30.4. The van der Waals surface area contributed by atoms with E-state index in [4.69, 9.17) is 20.3 Å². The first-order valence-corrected chi connectivity index (χ1v) is 13.4. The smallest absolute Gasteiger partial charge is 0.325 e. The molecule has 7 nitrogen and oxygen atoms in total. The van der Waals surface area contributed by atoms with Crippen LogP contribution in [-0.2, 0) is 22.2 Å². The SMILES string of the molecule is CCc1ccc(-c2ccc(CCOc3ccc(NC(=O)[C@@](C)(N)CCP(=O)(O)O)cc3)cc2)cc1. The Balaban J connectivity index is 1.47. The molecule has 1 amide bonds. The Hall–Kier alpha value is -2.96. The number of nitrogens with two attached hydrogens (primary N) is 1. The molecule has 0 radical (unpaired) electrons. The van der Waals surface area contributed by atoms with Crippen LogP contribution in [0.25, 0.3) is 11.1 Å². The molecule has 186 valence electrons. The molecule has 35 heavy (non-hydrogen) atoms. The second-order valence-electron chi connectivity index (χ2n) is 8.88. The largest absolute Gasteiger partial charge is 0.493 e. The van der Waals surface area contributed by atoms with Crippen molar-refractivity contribution in [2.24, 2.45) is 5.73 Å². The fraction of sp³-hybridized carbons (Fsp3) is 0.296. The molecule has 3 aromatic rings. The van der Waals surface area contributed by atoms with Gasteiger partial charge in [-0.2, -0.15) is 0 Å². The summed E-state index contributed by atoms with van der Waals surface area (Å²) in [7, 11) is -4.22. The molecule has 3 aromatic carbocycles. The Kier molecular flexibility index (Phi) is 8.87. The zero-order valence-electron chi connectivity index (χ0n) is 20.1. The lowest BCUT2D eigenvalue weighted by molar-refractivity contribution is -0.120. The number of benzene rings is 3. The molecular weight excluding hydrogens is 463 g/mol. The molecule has 1 atom stereocenters. The first-order chi connectivity index (χ1) is 16.6. The van der Waals surface area contributed by atoms with Crippen molar-refractivity contribution in [3.8, 4) is 16.9 Å². The molecule has 0 fully saturated rings. The van der Waals surface area contributed by atoms with E-state index in [0.29, 0.717) is 18.0 Å². The number of ether oxygens (including phenoxy) is 1. The van der Waals surface area contributed by atoms with Gasteiger partial charge in [-0.05, 0) is 66.3 Å². The Morgan fingerprint density at radius 1 is 0.943 bits per heavy atom. The molecule has 3 rings (SSSR count). The lowest BCUT2D eigenvalue weighted by Gasteiger charge is -2.23. The Morgan fingerprint density at radius 2 is 1.49 bits per heavy atom. The van der Waals surface area contributed by atoms with Crippen molar-refractivity contribution in [3.05, 3.63) is 83.9 Å². The van der Waals surface area contributed by atoms with E-state index in [0.717, 1.165) is 12.8 Å². The first-order valence-electron chi connectivity index (χ1n) is 11.6. The Bertz CT molecular complexity index is 1150. The number of carbonyl (C=O) groups excluding carboxylic acids is 1. The highest BCUT2D eigenvalue weighted by atomic mass is 31.2. The van der Waals surface area contributed by atoms with Crippen LogP contribution in [0.15, 0.2) is 72.8 Å². The molecule has 0 aliphatic rings. The van der Waals surface area contributed by atoms with Gasteiger partial charge in [0.1, 0.15) is 5.75 Å². The second kappa shape index (κ2) is 11.6. The Morgan fingerprint density at radius 3 is 2.00 bits per heavy atom. The zero-order chi connectivity index (χ0) is 25.5. The van der Waals surface area contributed by atoms with Crippen LogP contribution in [0.4, 0.5) is 5.69 Å². The maximum Gasteiger partial charge on any atom is 0.325 e. The van der Waals surface area contributed by atoms with Crippen LogP contribution in [0, 0.1) is 0 Å². The quantitative estimate of drug-likeness (QED) is 0.284. The summed E-state index contributed by atoms with van der Waals surface area (Å²) in [5.41, 5.74) is 9.96. The van der Waals surface area contributed by atoms with Crippen LogP contribution < -0.4 is 15.8 Å². The maximum atomic E-state index is 12.4. The minimum Gasteiger partial charge on any atom is -0.493 e. The van der Waals surface area contributed by atoms with Gasteiger partial charge in [-0.15, -0.1) is 0 Å². The van der Waals surface area contributed by atoms with Gasteiger partial charge >= 0.3 is 7.60 Å². The summed E-state index contributed by atoms with van der Waals surface area (Å²) >= 11 is 0. The molecule has 0 unspecified atom stereocenters. The van der Waals surface area contributed by atoms with Crippen LogP contribution in [0.5, 0.6) is 5.75 Å². The molecule has 0 aliphatic carbocycles. The van der Waals surface area contributed by atoms with E-state index >= 15 is 0 Å². The number of carbonyl (C=O) groups is 1. The molecule has 0 bridgehead atoms. The average molecular weight is 497 g/mol. The van der Waals surface area contributed by atoms with E-state index in [1.54, 1.807) is 24.3 Å². The van der Waals surface area contributed by atoms with Crippen LogP contribution in [-0.4, -0.2) is 34.0 Å². The zero-order valence-corrected chi connectivity index (χ0v) is 21.0. The highest BCUT2D eigenvalue weighted by Gasteiger charge is 2.31. The third-order valence-corrected chi connectivity index (χ3v) is 6.67. The van der Waals surface area contributed by atoms with Gasteiger partial charge in [0.2, 0.25) is 5.91 Å². The van der Waals surface area contributed by atoms with Crippen LogP contribution >= 0.6 is 7.60 Å². The van der Waals surface area contributed by atoms with E-state index in [-0.39, 0.29) is 6.42 Å². The number of hydrogen-bond donors (Lipinski definition) is 4. The number of hydrogen-bond acceptors (Lipinski definition) is 4. The van der Waals surface area contributed by atoms with Gasteiger partial charge in [-0.3, -0.25) is 9.36 Å². The minimum atomic E-state index is -4.22. The second-order valence-corrected chi connectivity index (χ2v) is 10.7. The molecule has 0 saturated carbocycles. The molecule has 0 aromatic heterocycles. The van der Waals surface area contributed by atoms with E-state index in [9.17, 15) is 9.36 Å². The predicted octanol–water partition coefficient (Wildman–Crippen LogP) is 4.76. The van der Waals surface area contributed by atoms with Gasteiger partial charge in [0.25, 0.3) is 0 Å². The first kappa shape index (κ1) is 26.6. The highest BCUT2D eigenvalue weighted by molar-refractivity contribution is 7.51. The Labute approximate surface area is 206 Å². The van der Waals surface area contributed by atoms with Gasteiger partial charge in [0.15, 0.2) is 0 Å². The lowest BCUT2D eigenvalue weighted by atomic mass is 9.99. The molecule has 8 heteroatoms. The van der Waals surface area contributed by atoms with Crippen molar-refractivity contribution in [3.63, 3.8) is 0 Å². The molecule has 0 heterocycles. The summed E-state index contributed by atoms with van der Waals surface area (Å²) < 4.78 is 16.9. The standard InChI is InChI=1S/C27H33N2O5P/c1-3-20-4-8-22(9-5-20)23-10-6-21(7-11-23)16-18-34-25-14-12-24(13-15-25)29-26(30)27(2,28)17-19-35(31,32)33/h4-15H,3,16-19,28H2,1-2H3,(H,29,30)(H2,31,32,33)/t27-/m0/s1. The number of aryl methyl sites for hydroxylation is 1. The lowest BCUT2D eigenvalue weighted by Crippen LogP contribution is -2.49. The predicted molar refractivity (Wildman–Crippen MR) is 140 cm³/mol. The normalized spacial score (nSPS) is 13.2. The van der Waals surface area contributed by atoms with E-state index in [2.05, 4.69) is 60.8 Å². The van der Waals surface area contributed by atoms with Crippen molar-refractivity contribution in [1.29, 1.82) is 0 Å². The van der Waals surface area contributed by atoms with Crippen molar-refractivity contribution < 1.29 is 23.9 Å². The molecular formula is C27H33N2O5P. The third kappa shape index (κ3) is 8.34. The van der Waals surface area contributed by atoms with Crippen molar-refractivity contribution >= 4 is 19.2 Å². The number of nitrogens with one attached hydrogen (secondary N) is 1. The number of rotatable bonds is 11. The highest BCUT2D eigenvalue weighted by Crippen LogP contribution is 2.36. The van der Waals surface area contributed by atoms with Gasteiger partial charge in [-0.25, -0.2) is 0 Å². The minimum absolute atomic E-state index is 0.129. The molecule has 5 N–H and O–H groups in total. The molecule has 0 spiro atoms. The molecule has 0 aliphatic heterocycles. The van der Waals surface area contributed by atoms with Gasteiger partial charge in [0, 0.05) is 12.1 Å². The van der Waals surface area contributed by atoms with E-state index in [1.807, 2.05) is 0 Å². The maximum absolute atomic E-state index is 12.4. The summed E-state index contributed by atoms with van der Waals surface area (Å²) in [5, 5.41) is 2.68. The van der Waals surface area contributed by atoms with Crippen LogP contribution in [0.1, 0.15) is 31.4 Å². The summed E-state index contributed by atoms with van der Waals surface area (Å²) in [6.45, 7) is 4.11. The third-order valence-electron chi connectivity index (χ3n) is 5.86. The topological polar surface area (TPSA) is 122 Å². The average Bonchev–Trinajstić information content (AvgIpc) is 2.84. The van der Waals surface area contributed by atoms with E-state index in [1.165, 1.54) is 29.2 Å². The van der Waals surface area contributed by atoms with Crippen LogP contribution in [0.3, 0.4) is 0 Å². The monoisotopic (exact) mass is 496 g/mol. The van der Waals surface area contributed by atoms with Gasteiger partial charge < -0.3 is 25.6 Å². The summed E-state index contributed by atoms with van der Waals surface area (Å²) in [6, 6.07) is 24.0. The summed E-state index contributed by atoms with van der Waals surface area (Å²) in [5.74, 6) is 0.164. The molecule has 0 saturated heterocycles. The van der Waals surface area contributed by atoms with Gasteiger partial charge in [0.05, 0.1) is 18.3 Å². The van der Waals surface area contributed by atoms with E-state index < -0.39 is 25.2 Å². The van der Waals surface area contributed by atoms with Crippen molar-refractivity contribution in [1.82, 2.24) is 0 Å².